The molecule has 5 nitrogen and oxygen atoms in total. The molecule has 0 spiro atoms. The summed E-state index contributed by atoms with van der Waals surface area (Å²) in [6.45, 7) is 6.10. The number of Topliss-reactive ketones (excluding diaryl/α,β-unsaturated/α-hetero) is 1. The van der Waals surface area contributed by atoms with E-state index in [9.17, 15) is 4.79 Å². The molecule has 1 aliphatic rings. The summed E-state index contributed by atoms with van der Waals surface area (Å²) >= 11 is 12.4. The van der Waals surface area contributed by atoms with Gasteiger partial charge < -0.3 is 14.2 Å². The summed E-state index contributed by atoms with van der Waals surface area (Å²) in [4.78, 5) is 16.7. The third-order valence-electron chi connectivity index (χ3n) is 4.37. The first-order chi connectivity index (χ1) is 13.5. The van der Waals surface area contributed by atoms with Crippen LogP contribution in [0.2, 0.25) is 0 Å². The average molecular weight is 426 g/mol. The number of ketones is 1. The molecule has 0 radical (unpaired) electrons. The molecule has 0 unspecified atom stereocenters. The third kappa shape index (κ3) is 5.76. The summed E-state index contributed by atoms with van der Waals surface area (Å²) in [6.07, 6.45) is 5.35. The lowest BCUT2D eigenvalue weighted by molar-refractivity contribution is 0.0987. The van der Waals surface area contributed by atoms with Gasteiger partial charge in [0, 0.05) is 17.7 Å². The molecular formula is C21H25Cl2NO4. The molecule has 0 fully saturated rings. The lowest BCUT2D eigenvalue weighted by atomic mass is 10.0. The topological polar surface area (TPSA) is 57.1 Å². The van der Waals surface area contributed by atoms with Crippen LogP contribution in [0.3, 0.4) is 0 Å². The number of ether oxygens (including phenoxy) is 3. The molecular weight excluding hydrogens is 401 g/mol. The van der Waals surface area contributed by atoms with E-state index in [2.05, 4.69) is 11.7 Å². The van der Waals surface area contributed by atoms with Gasteiger partial charge in [-0.25, -0.2) is 0 Å². The van der Waals surface area contributed by atoms with E-state index in [1.807, 2.05) is 0 Å². The molecule has 1 heterocycles. The fourth-order valence-corrected chi connectivity index (χ4v) is 3.39. The molecule has 0 atom stereocenters. The van der Waals surface area contributed by atoms with Crippen LogP contribution < -0.4 is 14.2 Å². The van der Waals surface area contributed by atoms with Crippen LogP contribution in [-0.2, 0) is 0 Å². The summed E-state index contributed by atoms with van der Waals surface area (Å²) in [7, 11) is 1.56. The molecule has 1 aromatic rings. The first-order valence-corrected chi connectivity index (χ1v) is 9.92. The number of allylic oxidation sites excluding steroid dienone is 3. The Kier molecular flexibility index (Phi) is 8.87. The smallest absolute Gasteiger partial charge is 0.204 e. The molecule has 0 N–H and O–H groups in total. The van der Waals surface area contributed by atoms with Crippen molar-refractivity contribution in [3.63, 3.8) is 0 Å². The zero-order chi connectivity index (χ0) is 20.5. The summed E-state index contributed by atoms with van der Waals surface area (Å²) in [5, 5.41) is 0.692. The molecule has 0 aromatic heterocycles. The van der Waals surface area contributed by atoms with Crippen molar-refractivity contribution >= 4 is 35.7 Å². The van der Waals surface area contributed by atoms with Gasteiger partial charge in [0.2, 0.25) is 5.75 Å². The minimum absolute atomic E-state index is 0.00230. The van der Waals surface area contributed by atoms with Gasteiger partial charge in [0.25, 0.3) is 0 Å². The van der Waals surface area contributed by atoms with E-state index in [4.69, 9.17) is 37.4 Å². The number of carbonyl (C=O) groups excluding carboxylic acids is 1. The van der Waals surface area contributed by atoms with Gasteiger partial charge in [-0.2, -0.15) is 0 Å². The highest BCUT2D eigenvalue weighted by molar-refractivity contribution is 6.36. The Bertz CT molecular complexity index is 783. The number of benzene rings is 1. The maximum absolute atomic E-state index is 13.1. The minimum atomic E-state index is -0.190. The Balaban J connectivity index is 2.43. The number of aliphatic imine (C=N–C) groups is 1. The van der Waals surface area contributed by atoms with Crippen LogP contribution in [0.5, 0.6) is 17.2 Å². The lowest BCUT2D eigenvalue weighted by Crippen LogP contribution is -2.11. The second-order valence-electron chi connectivity index (χ2n) is 6.36. The lowest BCUT2D eigenvalue weighted by Gasteiger charge is -2.20. The zero-order valence-electron chi connectivity index (χ0n) is 16.2. The van der Waals surface area contributed by atoms with Gasteiger partial charge >= 0.3 is 0 Å². The van der Waals surface area contributed by atoms with Crippen molar-refractivity contribution in [2.24, 2.45) is 4.99 Å². The molecule has 1 aromatic carbocycles. The number of rotatable bonds is 6. The maximum Gasteiger partial charge on any atom is 0.204 e. The van der Waals surface area contributed by atoms with Crippen molar-refractivity contribution in [2.75, 3.05) is 20.3 Å². The van der Waals surface area contributed by atoms with Crippen LogP contribution in [0.4, 0.5) is 0 Å². The molecule has 0 amide bonds. The Morgan fingerprint density at radius 1 is 1.18 bits per heavy atom. The quantitative estimate of drug-likeness (QED) is 0.323. The number of hydrogen-bond donors (Lipinski definition) is 0. The van der Waals surface area contributed by atoms with Gasteiger partial charge in [0.15, 0.2) is 17.3 Å². The van der Waals surface area contributed by atoms with E-state index in [0.29, 0.717) is 46.6 Å². The highest BCUT2D eigenvalue weighted by Crippen LogP contribution is 2.42. The highest BCUT2D eigenvalue weighted by Gasteiger charge is 2.24. The summed E-state index contributed by atoms with van der Waals surface area (Å²) in [5.41, 5.74) is 0.897. The molecule has 0 saturated heterocycles. The van der Waals surface area contributed by atoms with Gasteiger partial charge in [-0.05, 0) is 57.0 Å². The van der Waals surface area contributed by atoms with Crippen molar-refractivity contribution in [2.45, 2.75) is 39.0 Å². The SMILES string of the molecule is C=N/C=C(Cl)\C(CC(=O)c1ccc(OC)c2c1OCCCCCCO2)=C(/C)Cl. The van der Waals surface area contributed by atoms with Crippen LogP contribution in [0, 0.1) is 0 Å². The van der Waals surface area contributed by atoms with E-state index in [1.165, 1.54) is 6.20 Å². The van der Waals surface area contributed by atoms with Gasteiger partial charge in [0.05, 0.1) is 30.9 Å². The first-order valence-electron chi connectivity index (χ1n) is 9.16. The predicted octanol–water partition coefficient (Wildman–Crippen LogP) is 5.89. The zero-order valence-corrected chi connectivity index (χ0v) is 17.7. The number of carbonyl (C=O) groups is 1. The second-order valence-corrected chi connectivity index (χ2v) is 7.33. The fourth-order valence-electron chi connectivity index (χ4n) is 2.90. The second kappa shape index (κ2) is 11.1. The highest BCUT2D eigenvalue weighted by atomic mass is 35.5. The number of fused-ring (bicyclic) bond motifs is 1. The Hall–Kier alpha value is -1.98. The maximum atomic E-state index is 13.1. The number of nitrogens with zero attached hydrogens (tertiary/aromatic N) is 1. The Morgan fingerprint density at radius 2 is 1.82 bits per heavy atom. The van der Waals surface area contributed by atoms with Crippen molar-refractivity contribution in [3.05, 3.63) is 39.5 Å². The Labute approximate surface area is 176 Å². The standard InChI is InChI=1S/C21H25Cl2NO4/c1-14(22)16(17(23)13-24-2)12-18(25)15-8-9-19(26-3)21-20(15)27-10-6-4-5-7-11-28-21/h8-9,13H,2,4-7,10-12H2,1,3H3/b16-14+,17-13+. The molecule has 152 valence electrons. The largest absolute Gasteiger partial charge is 0.493 e. The Morgan fingerprint density at radius 3 is 2.39 bits per heavy atom. The fraction of sp³-hybridized carbons (Fsp3) is 0.429. The summed E-state index contributed by atoms with van der Waals surface area (Å²) in [6, 6.07) is 3.39. The normalized spacial score (nSPS) is 16.1. The number of halogens is 2. The monoisotopic (exact) mass is 425 g/mol. The molecule has 7 heteroatoms. The number of hydrogen-bond acceptors (Lipinski definition) is 5. The molecule has 2 rings (SSSR count). The predicted molar refractivity (Wildman–Crippen MR) is 113 cm³/mol. The van der Waals surface area contributed by atoms with Gasteiger partial charge in [-0.3, -0.25) is 9.79 Å². The van der Waals surface area contributed by atoms with Crippen LogP contribution in [0.15, 0.2) is 39.0 Å². The van der Waals surface area contributed by atoms with E-state index in [1.54, 1.807) is 26.2 Å². The van der Waals surface area contributed by atoms with Gasteiger partial charge in [-0.15, -0.1) is 0 Å². The summed E-state index contributed by atoms with van der Waals surface area (Å²) in [5.74, 6) is 1.20. The molecule has 0 aliphatic carbocycles. The van der Waals surface area contributed by atoms with Crippen LogP contribution in [0.1, 0.15) is 49.4 Å². The first kappa shape index (κ1) is 22.3. The van der Waals surface area contributed by atoms with Crippen molar-refractivity contribution in [1.82, 2.24) is 0 Å². The van der Waals surface area contributed by atoms with Crippen molar-refractivity contribution in [3.8, 4) is 17.2 Å². The third-order valence-corrected chi connectivity index (χ3v) is 4.93. The molecule has 0 saturated carbocycles. The summed E-state index contributed by atoms with van der Waals surface area (Å²) < 4.78 is 17.3. The van der Waals surface area contributed by atoms with E-state index in [0.717, 1.165) is 25.7 Å². The average Bonchev–Trinajstić information content (AvgIpc) is 2.68. The van der Waals surface area contributed by atoms with E-state index < -0.39 is 0 Å². The van der Waals surface area contributed by atoms with E-state index >= 15 is 0 Å². The molecule has 0 bridgehead atoms. The van der Waals surface area contributed by atoms with Crippen molar-refractivity contribution in [1.29, 1.82) is 0 Å². The molecule has 28 heavy (non-hydrogen) atoms. The van der Waals surface area contributed by atoms with Gasteiger partial charge in [0.1, 0.15) is 0 Å². The van der Waals surface area contributed by atoms with E-state index in [-0.39, 0.29) is 17.2 Å². The van der Waals surface area contributed by atoms with Gasteiger partial charge in [-0.1, -0.05) is 23.2 Å². The van der Waals surface area contributed by atoms with Crippen LogP contribution in [-0.4, -0.2) is 32.8 Å². The van der Waals surface area contributed by atoms with Crippen molar-refractivity contribution < 1.29 is 19.0 Å². The van der Waals surface area contributed by atoms with Crippen LogP contribution in [0.25, 0.3) is 0 Å². The minimum Gasteiger partial charge on any atom is -0.493 e. The van der Waals surface area contributed by atoms with Crippen LogP contribution >= 0.6 is 23.2 Å². The number of methoxy groups -OCH3 is 1. The molecule has 1 aliphatic heterocycles.